The SMILES string of the molecule is Cc1ccc(F)cc1-c1cccc(C(=O)N2CCC(N3CCCC3)CC2)c1. The third-order valence-electron chi connectivity index (χ3n) is 6.03. The van der Waals surface area contributed by atoms with Crippen molar-refractivity contribution in [2.45, 2.75) is 38.6 Å². The number of hydrogen-bond donors (Lipinski definition) is 0. The van der Waals surface area contributed by atoms with Crippen molar-refractivity contribution in [3.05, 3.63) is 59.4 Å². The van der Waals surface area contributed by atoms with Gasteiger partial charge in [0.1, 0.15) is 5.82 Å². The molecule has 3 nitrogen and oxygen atoms in total. The van der Waals surface area contributed by atoms with E-state index in [2.05, 4.69) is 4.90 Å². The standard InChI is InChI=1S/C23H27FN2O/c1-17-7-8-20(24)16-22(17)18-5-4-6-19(15-18)23(27)26-13-9-21(10-14-26)25-11-2-3-12-25/h4-8,15-16,21H,2-3,9-14H2,1H3. The molecule has 2 saturated heterocycles. The third-order valence-corrected chi connectivity index (χ3v) is 6.03. The largest absolute Gasteiger partial charge is 0.339 e. The molecule has 142 valence electrons. The molecule has 2 heterocycles. The van der Waals surface area contributed by atoms with Crippen molar-refractivity contribution in [1.82, 2.24) is 9.80 Å². The lowest BCUT2D eigenvalue weighted by atomic mass is 9.97. The van der Waals surface area contributed by atoms with Crippen LogP contribution < -0.4 is 0 Å². The molecule has 1 amide bonds. The Morgan fingerprint density at radius 3 is 2.48 bits per heavy atom. The summed E-state index contributed by atoms with van der Waals surface area (Å²) in [5.41, 5.74) is 3.44. The van der Waals surface area contributed by atoms with Crippen molar-refractivity contribution < 1.29 is 9.18 Å². The average Bonchev–Trinajstić information content (AvgIpc) is 3.24. The van der Waals surface area contributed by atoms with Crippen LogP contribution in [0.2, 0.25) is 0 Å². The van der Waals surface area contributed by atoms with Gasteiger partial charge in [-0.15, -0.1) is 0 Å². The Morgan fingerprint density at radius 1 is 1.00 bits per heavy atom. The number of amides is 1. The van der Waals surface area contributed by atoms with Gasteiger partial charge in [-0.25, -0.2) is 4.39 Å². The van der Waals surface area contributed by atoms with Crippen LogP contribution in [-0.4, -0.2) is 47.9 Å². The van der Waals surface area contributed by atoms with Gasteiger partial charge in [-0.1, -0.05) is 18.2 Å². The molecule has 0 bridgehead atoms. The van der Waals surface area contributed by atoms with E-state index in [-0.39, 0.29) is 11.7 Å². The second-order valence-electron chi connectivity index (χ2n) is 7.81. The first-order valence-electron chi connectivity index (χ1n) is 10.0. The third kappa shape index (κ3) is 3.91. The van der Waals surface area contributed by atoms with Crippen LogP contribution in [-0.2, 0) is 0 Å². The van der Waals surface area contributed by atoms with Crippen molar-refractivity contribution in [2.75, 3.05) is 26.2 Å². The number of nitrogens with zero attached hydrogens (tertiary/aromatic N) is 2. The zero-order chi connectivity index (χ0) is 18.8. The van der Waals surface area contributed by atoms with Crippen LogP contribution in [0.4, 0.5) is 4.39 Å². The molecule has 0 radical (unpaired) electrons. The molecule has 0 N–H and O–H groups in total. The number of rotatable bonds is 3. The maximum atomic E-state index is 13.7. The number of carbonyl (C=O) groups is 1. The van der Waals surface area contributed by atoms with Gasteiger partial charge in [0.15, 0.2) is 0 Å². The van der Waals surface area contributed by atoms with E-state index in [4.69, 9.17) is 0 Å². The number of aryl methyl sites for hydroxylation is 1. The van der Waals surface area contributed by atoms with Crippen molar-refractivity contribution in [2.24, 2.45) is 0 Å². The molecule has 2 aromatic rings. The molecular weight excluding hydrogens is 339 g/mol. The van der Waals surface area contributed by atoms with Gasteiger partial charge < -0.3 is 9.80 Å². The van der Waals surface area contributed by atoms with Crippen LogP contribution in [0.1, 0.15) is 41.6 Å². The molecular formula is C23H27FN2O. The Hall–Kier alpha value is -2.20. The summed E-state index contributed by atoms with van der Waals surface area (Å²) >= 11 is 0. The van der Waals surface area contributed by atoms with Gasteiger partial charge in [0.05, 0.1) is 0 Å². The molecule has 2 fully saturated rings. The number of likely N-dealkylation sites (tertiary alicyclic amines) is 2. The minimum absolute atomic E-state index is 0.0887. The number of carbonyl (C=O) groups excluding carboxylic acids is 1. The number of benzene rings is 2. The lowest BCUT2D eigenvalue weighted by molar-refractivity contribution is 0.0644. The maximum Gasteiger partial charge on any atom is 0.253 e. The Morgan fingerprint density at radius 2 is 1.74 bits per heavy atom. The van der Waals surface area contributed by atoms with Gasteiger partial charge in [0.2, 0.25) is 0 Å². The maximum absolute atomic E-state index is 13.7. The fraction of sp³-hybridized carbons (Fsp3) is 0.435. The molecule has 2 aliphatic heterocycles. The quantitative estimate of drug-likeness (QED) is 0.798. The second kappa shape index (κ2) is 7.81. The lowest BCUT2D eigenvalue weighted by Crippen LogP contribution is -2.45. The van der Waals surface area contributed by atoms with Gasteiger partial charge in [-0.05, 0) is 86.7 Å². The predicted molar refractivity (Wildman–Crippen MR) is 106 cm³/mol. The van der Waals surface area contributed by atoms with E-state index in [9.17, 15) is 9.18 Å². The second-order valence-corrected chi connectivity index (χ2v) is 7.81. The number of piperidine rings is 1. The predicted octanol–water partition coefficient (Wildman–Crippen LogP) is 4.50. The van der Waals surface area contributed by atoms with Crippen LogP contribution in [0.25, 0.3) is 11.1 Å². The molecule has 0 unspecified atom stereocenters. The van der Waals surface area contributed by atoms with Crippen molar-refractivity contribution in [3.8, 4) is 11.1 Å². The molecule has 0 saturated carbocycles. The van der Waals surface area contributed by atoms with E-state index in [1.54, 1.807) is 12.1 Å². The van der Waals surface area contributed by atoms with Crippen LogP contribution in [0.5, 0.6) is 0 Å². The normalized spacial score (nSPS) is 18.8. The summed E-state index contributed by atoms with van der Waals surface area (Å²) in [5.74, 6) is -0.165. The number of halogens is 1. The highest BCUT2D eigenvalue weighted by atomic mass is 19.1. The van der Waals surface area contributed by atoms with Gasteiger partial charge in [0, 0.05) is 24.7 Å². The van der Waals surface area contributed by atoms with Crippen molar-refractivity contribution in [1.29, 1.82) is 0 Å². The van der Waals surface area contributed by atoms with Gasteiger partial charge >= 0.3 is 0 Å². The average molecular weight is 366 g/mol. The molecule has 27 heavy (non-hydrogen) atoms. The minimum atomic E-state index is -0.253. The zero-order valence-electron chi connectivity index (χ0n) is 16.0. The summed E-state index contributed by atoms with van der Waals surface area (Å²) in [6, 6.07) is 13.0. The van der Waals surface area contributed by atoms with Crippen molar-refractivity contribution >= 4 is 5.91 Å². The van der Waals surface area contributed by atoms with E-state index in [0.717, 1.165) is 42.6 Å². The van der Waals surface area contributed by atoms with Gasteiger partial charge in [0.25, 0.3) is 5.91 Å². The fourth-order valence-corrected chi connectivity index (χ4v) is 4.45. The fourth-order valence-electron chi connectivity index (χ4n) is 4.45. The molecule has 0 aromatic heterocycles. The van der Waals surface area contributed by atoms with E-state index in [1.807, 2.05) is 36.1 Å². The van der Waals surface area contributed by atoms with E-state index >= 15 is 0 Å². The smallest absolute Gasteiger partial charge is 0.253 e. The Bertz CT molecular complexity index is 821. The van der Waals surface area contributed by atoms with Crippen LogP contribution in [0, 0.1) is 12.7 Å². The zero-order valence-corrected chi connectivity index (χ0v) is 16.0. The van der Waals surface area contributed by atoms with Crippen LogP contribution in [0.15, 0.2) is 42.5 Å². The van der Waals surface area contributed by atoms with Gasteiger partial charge in [-0.3, -0.25) is 4.79 Å². The number of hydrogen-bond acceptors (Lipinski definition) is 2. The summed E-state index contributed by atoms with van der Waals surface area (Å²) in [7, 11) is 0. The van der Waals surface area contributed by atoms with E-state index in [0.29, 0.717) is 11.6 Å². The summed E-state index contributed by atoms with van der Waals surface area (Å²) < 4.78 is 13.7. The first kappa shape index (κ1) is 18.2. The highest BCUT2D eigenvalue weighted by Gasteiger charge is 2.28. The summed E-state index contributed by atoms with van der Waals surface area (Å²) in [6.45, 7) is 6.04. The minimum Gasteiger partial charge on any atom is -0.339 e. The topological polar surface area (TPSA) is 23.6 Å². The highest BCUT2D eigenvalue weighted by molar-refractivity contribution is 5.95. The van der Waals surface area contributed by atoms with E-state index < -0.39 is 0 Å². The first-order chi connectivity index (χ1) is 13.1. The summed E-state index contributed by atoms with van der Waals surface area (Å²) in [4.78, 5) is 17.6. The Labute approximate surface area is 160 Å². The van der Waals surface area contributed by atoms with Crippen LogP contribution in [0.3, 0.4) is 0 Å². The summed E-state index contributed by atoms with van der Waals surface area (Å²) in [5, 5.41) is 0. The monoisotopic (exact) mass is 366 g/mol. The molecule has 0 atom stereocenters. The molecule has 4 heteroatoms. The molecule has 0 spiro atoms. The van der Waals surface area contributed by atoms with Gasteiger partial charge in [-0.2, -0.15) is 0 Å². The molecule has 4 rings (SSSR count). The van der Waals surface area contributed by atoms with E-state index in [1.165, 1.54) is 32.0 Å². The Balaban J connectivity index is 1.47. The molecule has 0 aliphatic carbocycles. The first-order valence-corrected chi connectivity index (χ1v) is 10.0. The molecule has 2 aliphatic rings. The Kier molecular flexibility index (Phi) is 5.26. The van der Waals surface area contributed by atoms with Crippen LogP contribution >= 0.6 is 0 Å². The van der Waals surface area contributed by atoms with Crippen molar-refractivity contribution in [3.63, 3.8) is 0 Å². The highest BCUT2D eigenvalue weighted by Crippen LogP contribution is 2.27. The lowest BCUT2D eigenvalue weighted by Gasteiger charge is -2.36. The summed E-state index contributed by atoms with van der Waals surface area (Å²) in [6.07, 6.45) is 4.75. The molecule has 2 aromatic carbocycles.